The maximum atomic E-state index is 13.7. The van der Waals surface area contributed by atoms with Gasteiger partial charge in [0.1, 0.15) is 16.9 Å². The van der Waals surface area contributed by atoms with Gasteiger partial charge in [-0.2, -0.15) is 0 Å². The first-order chi connectivity index (χ1) is 21.6. The first-order valence-corrected chi connectivity index (χ1v) is 16.3. The third-order valence-electron chi connectivity index (χ3n) is 8.01. The van der Waals surface area contributed by atoms with Crippen molar-refractivity contribution in [1.82, 2.24) is 4.98 Å². The molecule has 0 amide bonds. The molecule has 246 valence electrons. The highest BCUT2D eigenvalue weighted by Crippen LogP contribution is 2.43. The minimum atomic E-state index is -0.690. The van der Waals surface area contributed by atoms with Crippen molar-refractivity contribution in [3.63, 3.8) is 0 Å². The van der Waals surface area contributed by atoms with Crippen molar-refractivity contribution in [2.24, 2.45) is 4.99 Å². The molecule has 2 heterocycles. The normalized spacial score (nSPS) is 14.9. The molecule has 0 fully saturated rings. The molecule has 47 heavy (non-hydrogen) atoms. The summed E-state index contributed by atoms with van der Waals surface area (Å²) < 4.78 is 11.7. The van der Waals surface area contributed by atoms with E-state index in [1.165, 1.54) is 11.1 Å². The number of aromatic amines is 1. The quantitative estimate of drug-likeness (QED) is 0.227. The second-order valence-corrected chi connectivity index (χ2v) is 16.5. The van der Waals surface area contributed by atoms with Crippen LogP contribution in [0.1, 0.15) is 127 Å². The zero-order valence-electron chi connectivity index (χ0n) is 29.9. The number of hydrogen-bond acceptors (Lipinski definition) is 5. The van der Waals surface area contributed by atoms with Gasteiger partial charge in [0.15, 0.2) is 5.71 Å². The van der Waals surface area contributed by atoms with E-state index in [1.54, 1.807) is 0 Å². The average Bonchev–Trinajstić information content (AvgIpc) is 3.50. The Hall–Kier alpha value is -4.45. The first-order valence-electron chi connectivity index (χ1n) is 16.3. The lowest BCUT2D eigenvalue weighted by Gasteiger charge is -2.27. The van der Waals surface area contributed by atoms with Crippen LogP contribution >= 0.6 is 0 Å². The van der Waals surface area contributed by atoms with Gasteiger partial charge in [-0.1, -0.05) is 108 Å². The number of nitrogens with zero attached hydrogens (tertiary/aromatic N) is 1. The summed E-state index contributed by atoms with van der Waals surface area (Å²) in [6.45, 7) is 24.4. The zero-order chi connectivity index (χ0) is 34.7. The van der Waals surface area contributed by atoms with E-state index in [-0.39, 0.29) is 16.5 Å². The van der Waals surface area contributed by atoms with Gasteiger partial charge in [0, 0.05) is 27.5 Å². The van der Waals surface area contributed by atoms with Crippen LogP contribution in [0, 0.1) is 0 Å². The molecule has 6 nitrogen and oxygen atoms in total. The Balaban J connectivity index is 1.93. The average molecular weight is 633 g/mol. The summed E-state index contributed by atoms with van der Waals surface area (Å²) in [4.78, 5) is 35.9. The van der Waals surface area contributed by atoms with Crippen LogP contribution in [-0.2, 0) is 25.1 Å². The van der Waals surface area contributed by atoms with Crippen molar-refractivity contribution >= 4 is 39.7 Å². The van der Waals surface area contributed by atoms with Gasteiger partial charge in [0.2, 0.25) is 0 Å². The molecule has 1 N–H and O–H groups in total. The van der Waals surface area contributed by atoms with Crippen molar-refractivity contribution in [2.45, 2.75) is 105 Å². The molecule has 0 bridgehead atoms. The minimum absolute atomic E-state index is 0.149. The highest BCUT2D eigenvalue weighted by molar-refractivity contribution is 6.47. The van der Waals surface area contributed by atoms with Crippen LogP contribution in [0.15, 0.2) is 71.7 Å². The first kappa shape index (κ1) is 33.9. The van der Waals surface area contributed by atoms with Gasteiger partial charge in [0.05, 0.1) is 11.4 Å². The SMILES string of the molecule is CC(C)(C)OC(=O)C1=N/C(=C(\c2cc(C(C)(C)C)cc(C(C)(C)C)c2)c2[nH]c(C(=O)OC(C)(C)C)c3ccccc23)c2ccccc21. The predicted octanol–water partition coefficient (Wildman–Crippen LogP) is 9.78. The van der Waals surface area contributed by atoms with Gasteiger partial charge in [-0.3, -0.25) is 0 Å². The highest BCUT2D eigenvalue weighted by Gasteiger charge is 2.34. The Morgan fingerprint density at radius 3 is 1.57 bits per heavy atom. The molecular weight excluding hydrogens is 584 g/mol. The molecule has 1 aromatic heterocycles. The number of carbonyl (C=O) groups excluding carboxylic acids is 2. The van der Waals surface area contributed by atoms with Crippen LogP contribution in [0.3, 0.4) is 0 Å². The van der Waals surface area contributed by atoms with Gasteiger partial charge in [0.25, 0.3) is 0 Å². The molecule has 0 unspecified atom stereocenters. The number of ether oxygens (including phenoxy) is 2. The largest absolute Gasteiger partial charge is 0.455 e. The summed E-state index contributed by atoms with van der Waals surface area (Å²) >= 11 is 0. The van der Waals surface area contributed by atoms with Gasteiger partial charge >= 0.3 is 11.9 Å². The second kappa shape index (κ2) is 11.7. The Labute approximate surface area is 279 Å². The molecule has 5 rings (SSSR count). The standard InChI is InChI=1S/C41H48N2O4/c1-38(2,3)25-21-24(22-26(23-25)39(4,5)6)31(32-27-17-13-15-19-29(27)34(42-32)36(44)46-40(7,8)9)33-28-18-14-16-20-30(28)35(43-33)37(45)47-41(10,11)12/h13-23,42H,1-12H3/b33-31+. The molecule has 0 atom stereocenters. The fourth-order valence-corrected chi connectivity index (χ4v) is 5.70. The third-order valence-corrected chi connectivity index (χ3v) is 8.01. The van der Waals surface area contributed by atoms with E-state index in [4.69, 9.17) is 14.5 Å². The molecule has 3 aromatic carbocycles. The number of H-pyrrole nitrogens is 1. The van der Waals surface area contributed by atoms with Crippen LogP contribution in [-0.4, -0.2) is 33.8 Å². The molecule has 0 aliphatic carbocycles. The molecule has 6 heteroatoms. The molecule has 1 aliphatic heterocycles. The Morgan fingerprint density at radius 1 is 0.596 bits per heavy atom. The number of esters is 2. The summed E-state index contributed by atoms with van der Waals surface area (Å²) in [6, 6.07) is 22.3. The zero-order valence-corrected chi connectivity index (χ0v) is 29.9. The molecule has 0 spiro atoms. The monoisotopic (exact) mass is 632 g/mol. The number of rotatable bonds is 4. The number of carbonyl (C=O) groups is 2. The van der Waals surface area contributed by atoms with Crippen LogP contribution in [0.5, 0.6) is 0 Å². The van der Waals surface area contributed by atoms with E-state index < -0.39 is 23.1 Å². The lowest BCUT2D eigenvalue weighted by atomic mass is 9.78. The van der Waals surface area contributed by atoms with Gasteiger partial charge in [-0.25, -0.2) is 14.6 Å². The number of fused-ring (bicyclic) bond motifs is 2. The molecule has 0 saturated carbocycles. The summed E-state index contributed by atoms with van der Waals surface area (Å²) in [5.74, 6) is -0.920. The number of aromatic nitrogens is 1. The van der Waals surface area contributed by atoms with Crippen molar-refractivity contribution in [2.75, 3.05) is 0 Å². The lowest BCUT2D eigenvalue weighted by Crippen LogP contribution is -2.28. The lowest BCUT2D eigenvalue weighted by molar-refractivity contribution is -0.146. The minimum Gasteiger partial charge on any atom is -0.455 e. The molecule has 0 radical (unpaired) electrons. The summed E-state index contributed by atoms with van der Waals surface area (Å²) in [7, 11) is 0. The number of aliphatic imine (C=N–C) groups is 1. The van der Waals surface area contributed by atoms with Crippen molar-refractivity contribution in [3.05, 3.63) is 106 Å². The van der Waals surface area contributed by atoms with E-state index in [2.05, 4.69) is 64.7 Å². The topological polar surface area (TPSA) is 80.8 Å². The molecular formula is C41H48N2O4. The maximum absolute atomic E-state index is 13.7. The Bertz CT molecular complexity index is 1910. The predicted molar refractivity (Wildman–Crippen MR) is 192 cm³/mol. The van der Waals surface area contributed by atoms with Crippen molar-refractivity contribution in [3.8, 4) is 0 Å². The van der Waals surface area contributed by atoms with E-state index in [9.17, 15) is 9.59 Å². The number of benzene rings is 3. The van der Waals surface area contributed by atoms with E-state index in [1.807, 2.05) is 90.1 Å². The summed E-state index contributed by atoms with van der Waals surface area (Å²) in [6.07, 6.45) is 0. The van der Waals surface area contributed by atoms with Gasteiger partial charge < -0.3 is 14.5 Å². The number of nitrogens with one attached hydrogen (secondary N) is 1. The maximum Gasteiger partial charge on any atom is 0.358 e. The molecule has 1 aliphatic rings. The fourth-order valence-electron chi connectivity index (χ4n) is 5.70. The van der Waals surface area contributed by atoms with Crippen LogP contribution in [0.4, 0.5) is 0 Å². The Morgan fingerprint density at radius 2 is 1.06 bits per heavy atom. The van der Waals surface area contributed by atoms with Crippen molar-refractivity contribution < 1.29 is 19.1 Å². The molecule has 0 saturated heterocycles. The number of hydrogen-bond donors (Lipinski definition) is 1. The van der Waals surface area contributed by atoms with Gasteiger partial charge in [-0.05, 0) is 69.1 Å². The summed E-state index contributed by atoms with van der Waals surface area (Å²) in [5.41, 5.74) is 5.92. The summed E-state index contributed by atoms with van der Waals surface area (Å²) in [5, 5.41) is 1.60. The van der Waals surface area contributed by atoms with Crippen molar-refractivity contribution in [1.29, 1.82) is 0 Å². The second-order valence-electron chi connectivity index (χ2n) is 16.5. The van der Waals surface area contributed by atoms with Crippen LogP contribution in [0.2, 0.25) is 0 Å². The van der Waals surface area contributed by atoms with E-state index in [0.717, 1.165) is 33.2 Å². The molecule has 4 aromatic rings. The third kappa shape index (κ3) is 7.12. The van der Waals surface area contributed by atoms with Crippen LogP contribution in [0.25, 0.3) is 22.0 Å². The fraction of sp³-hybridized carbons (Fsp3) is 0.390. The van der Waals surface area contributed by atoms with E-state index >= 15 is 0 Å². The Kier molecular flexibility index (Phi) is 8.41. The van der Waals surface area contributed by atoms with E-state index in [0.29, 0.717) is 17.0 Å². The smallest absolute Gasteiger partial charge is 0.358 e. The van der Waals surface area contributed by atoms with Crippen LogP contribution < -0.4 is 0 Å². The highest BCUT2D eigenvalue weighted by atomic mass is 16.6. The van der Waals surface area contributed by atoms with Gasteiger partial charge in [-0.15, -0.1) is 0 Å².